The van der Waals surface area contributed by atoms with E-state index in [9.17, 15) is 9.90 Å². The van der Waals surface area contributed by atoms with Gasteiger partial charge in [0.05, 0.1) is 12.6 Å². The summed E-state index contributed by atoms with van der Waals surface area (Å²) in [5.74, 6) is 0.181. The van der Waals surface area contributed by atoms with E-state index in [-0.39, 0.29) is 11.9 Å². The fraction of sp³-hybridized carbons (Fsp3) is 0.471. The first kappa shape index (κ1) is 13.0. The molecule has 4 rings (SSSR count). The lowest BCUT2D eigenvalue weighted by atomic mass is 9.99. The van der Waals surface area contributed by atoms with E-state index in [0.29, 0.717) is 18.6 Å². The van der Waals surface area contributed by atoms with Crippen LogP contribution in [0, 0.1) is 0 Å². The minimum absolute atomic E-state index is 0.179. The molecule has 1 aromatic heterocycles. The third-order valence-electron chi connectivity index (χ3n) is 5.08. The van der Waals surface area contributed by atoms with Crippen LogP contribution in [0.25, 0.3) is 10.9 Å². The highest BCUT2D eigenvalue weighted by Crippen LogP contribution is 2.35. The van der Waals surface area contributed by atoms with Crippen LogP contribution in [0.15, 0.2) is 30.5 Å². The molecule has 0 radical (unpaired) electrons. The number of benzene rings is 1. The number of nitrogens with zero attached hydrogens (tertiary/aromatic N) is 1. The van der Waals surface area contributed by atoms with E-state index in [1.165, 1.54) is 0 Å². The summed E-state index contributed by atoms with van der Waals surface area (Å²) in [5, 5.41) is 10.9. The van der Waals surface area contributed by atoms with Gasteiger partial charge in [-0.25, -0.2) is 0 Å². The number of fused-ring (bicyclic) bond motifs is 3. The summed E-state index contributed by atoms with van der Waals surface area (Å²) in [6, 6.07) is 8.69. The Labute approximate surface area is 123 Å². The van der Waals surface area contributed by atoms with Crippen LogP contribution < -0.4 is 0 Å². The summed E-state index contributed by atoms with van der Waals surface area (Å²) in [6.07, 6.45) is 5.51. The Morgan fingerprint density at radius 1 is 1.24 bits per heavy atom. The number of rotatable bonds is 3. The van der Waals surface area contributed by atoms with E-state index in [1.807, 2.05) is 30.5 Å². The third-order valence-corrected chi connectivity index (χ3v) is 5.08. The second kappa shape index (κ2) is 4.97. The molecule has 0 saturated carbocycles. The Balaban J connectivity index is 1.56. The van der Waals surface area contributed by atoms with Crippen molar-refractivity contribution in [1.82, 2.24) is 9.88 Å². The van der Waals surface area contributed by atoms with Gasteiger partial charge >= 0.3 is 0 Å². The molecule has 4 nitrogen and oxygen atoms in total. The van der Waals surface area contributed by atoms with Crippen LogP contribution in [0.1, 0.15) is 36.0 Å². The number of aliphatic hydroxyl groups is 1. The van der Waals surface area contributed by atoms with Crippen LogP contribution in [0.5, 0.6) is 0 Å². The van der Waals surface area contributed by atoms with Crippen molar-refractivity contribution in [2.45, 2.75) is 43.9 Å². The van der Waals surface area contributed by atoms with Gasteiger partial charge in [-0.1, -0.05) is 18.2 Å². The van der Waals surface area contributed by atoms with Gasteiger partial charge in [0.1, 0.15) is 0 Å². The van der Waals surface area contributed by atoms with Crippen LogP contribution in [0.4, 0.5) is 0 Å². The van der Waals surface area contributed by atoms with Gasteiger partial charge in [-0.05, 0) is 31.7 Å². The maximum absolute atomic E-state index is 12.7. The highest BCUT2D eigenvalue weighted by Gasteiger charge is 2.40. The maximum atomic E-state index is 12.7. The second-order valence-electron chi connectivity index (χ2n) is 6.35. The number of aromatic nitrogens is 1. The molecule has 2 N–H and O–H groups in total. The fourth-order valence-electron chi connectivity index (χ4n) is 4.06. The summed E-state index contributed by atoms with van der Waals surface area (Å²) in [6.45, 7) is 0.476. The molecular weight excluding hydrogens is 264 g/mol. The Hall–Kier alpha value is -1.65. The average molecular weight is 284 g/mol. The molecule has 2 atom stereocenters. The van der Waals surface area contributed by atoms with Crippen LogP contribution in [-0.4, -0.2) is 45.5 Å². The highest BCUT2D eigenvalue weighted by molar-refractivity contribution is 6.08. The number of H-pyrrole nitrogens is 1. The number of hydrogen-bond acceptors (Lipinski definition) is 3. The maximum Gasteiger partial charge on any atom is 0.178 e. The number of aliphatic hydroxyl groups excluding tert-OH is 1. The molecule has 2 aliphatic heterocycles. The number of ketones is 1. The van der Waals surface area contributed by atoms with Crippen LogP contribution in [0.2, 0.25) is 0 Å². The molecule has 2 aliphatic rings. The van der Waals surface area contributed by atoms with Gasteiger partial charge in [-0.15, -0.1) is 0 Å². The zero-order valence-electron chi connectivity index (χ0n) is 12.0. The van der Waals surface area contributed by atoms with E-state index < -0.39 is 0 Å². The molecule has 2 saturated heterocycles. The quantitative estimate of drug-likeness (QED) is 0.851. The molecule has 110 valence electrons. The lowest BCUT2D eigenvalue weighted by Gasteiger charge is -2.36. The van der Waals surface area contributed by atoms with Crippen molar-refractivity contribution in [3.8, 4) is 0 Å². The predicted octanol–water partition coefficient (Wildman–Crippen LogP) is 2.34. The molecule has 0 aliphatic carbocycles. The summed E-state index contributed by atoms with van der Waals surface area (Å²) in [4.78, 5) is 18.2. The van der Waals surface area contributed by atoms with Crippen LogP contribution >= 0.6 is 0 Å². The first-order valence-electron chi connectivity index (χ1n) is 7.75. The predicted molar refractivity (Wildman–Crippen MR) is 81.4 cm³/mol. The molecule has 0 spiro atoms. The van der Waals surface area contributed by atoms with E-state index in [2.05, 4.69) is 9.88 Å². The van der Waals surface area contributed by atoms with Gasteiger partial charge < -0.3 is 10.1 Å². The number of nitrogens with one attached hydrogen (secondary N) is 1. The molecule has 1 aromatic carbocycles. The van der Waals surface area contributed by atoms with Gasteiger partial charge in [0.2, 0.25) is 0 Å². The number of carbonyl (C=O) groups excluding carboxylic acids is 1. The minimum Gasteiger partial charge on any atom is -0.393 e. The number of carbonyl (C=O) groups is 1. The first-order valence-corrected chi connectivity index (χ1v) is 7.75. The van der Waals surface area contributed by atoms with E-state index in [1.54, 1.807) is 0 Å². The van der Waals surface area contributed by atoms with Gasteiger partial charge in [0.15, 0.2) is 5.78 Å². The molecule has 0 amide bonds. The van der Waals surface area contributed by atoms with E-state index in [0.717, 1.165) is 42.1 Å². The smallest absolute Gasteiger partial charge is 0.178 e. The molecule has 3 heterocycles. The zero-order valence-corrected chi connectivity index (χ0v) is 12.0. The number of Topliss-reactive ketones (excluding diaryl/α,β-unsaturated/α-hetero) is 1. The topological polar surface area (TPSA) is 56.3 Å². The number of aromatic amines is 1. The summed E-state index contributed by atoms with van der Waals surface area (Å²) < 4.78 is 0. The standard InChI is InChI=1S/C17H20N2O2/c20-13-7-11-5-6-12(8-13)19(11)10-17(21)15-9-18-16-4-2-1-3-14(15)16/h1-4,9,11-13,18,20H,5-8,10H2. The lowest BCUT2D eigenvalue weighted by molar-refractivity contribution is 0.0345. The van der Waals surface area contributed by atoms with Crippen molar-refractivity contribution in [2.75, 3.05) is 6.54 Å². The average Bonchev–Trinajstić information content (AvgIpc) is 2.99. The summed E-state index contributed by atoms with van der Waals surface area (Å²) in [5.41, 5.74) is 1.80. The Kier molecular flexibility index (Phi) is 3.08. The fourth-order valence-corrected chi connectivity index (χ4v) is 4.06. The summed E-state index contributed by atoms with van der Waals surface area (Å²) in [7, 11) is 0. The Bertz CT molecular complexity index is 664. The SMILES string of the molecule is O=C(CN1C2CCC1CC(O)C2)c1c[nH]c2ccccc12. The highest BCUT2D eigenvalue weighted by atomic mass is 16.3. The van der Waals surface area contributed by atoms with Crippen LogP contribution in [0.3, 0.4) is 0 Å². The molecular formula is C17H20N2O2. The van der Waals surface area contributed by atoms with E-state index >= 15 is 0 Å². The molecule has 2 fully saturated rings. The van der Waals surface area contributed by atoms with Crippen molar-refractivity contribution in [3.05, 3.63) is 36.0 Å². The normalized spacial score (nSPS) is 29.1. The van der Waals surface area contributed by atoms with Crippen molar-refractivity contribution in [2.24, 2.45) is 0 Å². The van der Waals surface area contributed by atoms with Crippen molar-refractivity contribution in [3.63, 3.8) is 0 Å². The monoisotopic (exact) mass is 284 g/mol. The Morgan fingerprint density at radius 3 is 2.71 bits per heavy atom. The van der Waals surface area contributed by atoms with Crippen molar-refractivity contribution in [1.29, 1.82) is 0 Å². The number of piperidine rings is 1. The lowest BCUT2D eigenvalue weighted by Crippen LogP contribution is -2.46. The molecule has 2 bridgehead atoms. The molecule has 21 heavy (non-hydrogen) atoms. The van der Waals surface area contributed by atoms with Gasteiger partial charge in [-0.3, -0.25) is 9.69 Å². The van der Waals surface area contributed by atoms with Crippen LogP contribution in [-0.2, 0) is 0 Å². The number of para-hydroxylation sites is 1. The largest absolute Gasteiger partial charge is 0.393 e. The second-order valence-corrected chi connectivity index (χ2v) is 6.35. The van der Waals surface area contributed by atoms with Crippen molar-refractivity contribution >= 4 is 16.7 Å². The van der Waals surface area contributed by atoms with Gasteiger partial charge in [0.25, 0.3) is 0 Å². The first-order chi connectivity index (χ1) is 10.2. The molecule has 2 unspecified atom stereocenters. The van der Waals surface area contributed by atoms with Gasteiger partial charge in [-0.2, -0.15) is 0 Å². The Morgan fingerprint density at radius 2 is 1.95 bits per heavy atom. The number of hydrogen-bond donors (Lipinski definition) is 2. The zero-order chi connectivity index (χ0) is 14.4. The van der Waals surface area contributed by atoms with E-state index in [4.69, 9.17) is 0 Å². The molecule has 2 aromatic rings. The molecule has 4 heteroatoms. The minimum atomic E-state index is -0.179. The third kappa shape index (κ3) is 2.19. The summed E-state index contributed by atoms with van der Waals surface area (Å²) >= 11 is 0. The van der Waals surface area contributed by atoms with Crippen molar-refractivity contribution < 1.29 is 9.90 Å². The van der Waals surface area contributed by atoms with Gasteiger partial charge in [0, 0.05) is 34.7 Å².